The van der Waals surface area contributed by atoms with Crippen LogP contribution in [0.15, 0.2) is 35.0 Å². The third kappa shape index (κ3) is 2.94. The number of carbonyl (C=O) groups excluding carboxylic acids is 2. The molecule has 0 saturated carbocycles. The van der Waals surface area contributed by atoms with E-state index in [0.29, 0.717) is 18.5 Å². The van der Waals surface area contributed by atoms with Gasteiger partial charge in [-0.3, -0.25) is 14.7 Å². The average molecular weight is 316 g/mol. The molecule has 1 aliphatic rings. The molecule has 1 aliphatic carbocycles. The molecule has 0 aliphatic heterocycles. The Balaban J connectivity index is 1.72. The molecule has 2 amide bonds. The van der Waals surface area contributed by atoms with Gasteiger partial charge in [0, 0.05) is 17.0 Å². The largest absolute Gasteiger partial charge is 0.369 e. The number of aromatic nitrogens is 2. The number of hydrogen-bond donors (Lipinski definition) is 3. The fourth-order valence-corrected chi connectivity index (χ4v) is 3.18. The highest BCUT2D eigenvalue weighted by atomic mass is 32.1. The monoisotopic (exact) mass is 316 g/mol. The molecular formula is C15H16N4O2S. The lowest BCUT2D eigenvalue weighted by Crippen LogP contribution is -2.46. The van der Waals surface area contributed by atoms with Gasteiger partial charge in [0.2, 0.25) is 5.91 Å². The van der Waals surface area contributed by atoms with E-state index in [1.807, 2.05) is 29.0 Å². The highest BCUT2D eigenvalue weighted by Gasteiger charge is 2.29. The molecule has 0 fully saturated rings. The summed E-state index contributed by atoms with van der Waals surface area (Å²) in [5.74, 6) is -1.04. The molecule has 22 heavy (non-hydrogen) atoms. The summed E-state index contributed by atoms with van der Waals surface area (Å²) < 4.78 is 0. The molecule has 2 aromatic heterocycles. The number of primary amides is 1. The van der Waals surface area contributed by atoms with Gasteiger partial charge in [-0.2, -0.15) is 16.4 Å². The number of rotatable bonds is 4. The molecule has 0 radical (unpaired) electrons. The molecule has 2 heterocycles. The first kappa shape index (κ1) is 14.5. The molecule has 0 bridgehead atoms. The van der Waals surface area contributed by atoms with Crippen LogP contribution in [0.1, 0.15) is 23.3 Å². The van der Waals surface area contributed by atoms with Crippen LogP contribution in [0.5, 0.6) is 0 Å². The number of carbonyl (C=O) groups is 2. The van der Waals surface area contributed by atoms with Gasteiger partial charge < -0.3 is 11.1 Å². The second-order valence-electron chi connectivity index (χ2n) is 5.21. The maximum absolute atomic E-state index is 12.3. The number of allylic oxidation sites excluding steroid dienone is 1. The molecule has 0 saturated heterocycles. The number of thiophene rings is 1. The Hall–Kier alpha value is -2.41. The van der Waals surface area contributed by atoms with Gasteiger partial charge in [-0.1, -0.05) is 12.2 Å². The van der Waals surface area contributed by atoms with Crippen molar-refractivity contribution in [1.29, 1.82) is 0 Å². The van der Waals surface area contributed by atoms with Gasteiger partial charge in [0.1, 0.15) is 5.69 Å². The van der Waals surface area contributed by atoms with Crippen LogP contribution in [-0.4, -0.2) is 28.1 Å². The van der Waals surface area contributed by atoms with Crippen LogP contribution in [-0.2, 0) is 4.79 Å². The second kappa shape index (κ2) is 6.15. The van der Waals surface area contributed by atoms with Gasteiger partial charge in [0.05, 0.1) is 11.6 Å². The minimum atomic E-state index is -0.391. The molecule has 4 N–H and O–H groups in total. The summed E-state index contributed by atoms with van der Waals surface area (Å²) in [6, 6.07) is 3.37. The van der Waals surface area contributed by atoms with Crippen molar-refractivity contribution in [3.05, 3.63) is 40.7 Å². The number of nitrogens with two attached hydrogens (primary N) is 1. The van der Waals surface area contributed by atoms with Gasteiger partial charge in [-0.25, -0.2) is 0 Å². The standard InChI is InChI=1S/C15H16N4O2S/c16-14(20)10-3-1-2-4-11(10)17-15(21)13-7-12(18-19-13)9-5-6-22-8-9/h1-2,5-8,10-11H,3-4H2,(H2,16,20)(H,17,21)(H,18,19)/t10-,11-/m1/s1. The maximum Gasteiger partial charge on any atom is 0.269 e. The van der Waals surface area contributed by atoms with Crippen molar-refractivity contribution in [2.75, 3.05) is 0 Å². The van der Waals surface area contributed by atoms with Gasteiger partial charge >= 0.3 is 0 Å². The zero-order chi connectivity index (χ0) is 15.5. The van der Waals surface area contributed by atoms with E-state index < -0.39 is 5.91 Å². The van der Waals surface area contributed by atoms with Crippen molar-refractivity contribution in [2.45, 2.75) is 18.9 Å². The quantitative estimate of drug-likeness (QED) is 0.748. The number of hydrogen-bond acceptors (Lipinski definition) is 4. The summed E-state index contributed by atoms with van der Waals surface area (Å²) in [5.41, 5.74) is 7.46. The molecule has 0 spiro atoms. The molecule has 3 rings (SSSR count). The number of aromatic amines is 1. The molecule has 0 aromatic carbocycles. The van der Waals surface area contributed by atoms with Crippen LogP contribution in [0.25, 0.3) is 11.3 Å². The number of nitrogens with one attached hydrogen (secondary N) is 2. The minimum Gasteiger partial charge on any atom is -0.369 e. The normalized spacial score (nSPS) is 20.7. The molecule has 7 heteroatoms. The third-order valence-electron chi connectivity index (χ3n) is 3.75. The SMILES string of the molecule is NC(=O)[C@@H]1CC=CC[C@H]1NC(=O)c1cc(-c2ccsc2)n[nH]1. The van der Waals surface area contributed by atoms with Gasteiger partial charge in [0.15, 0.2) is 0 Å². The predicted octanol–water partition coefficient (Wildman–Crippen LogP) is 1.69. The molecule has 0 unspecified atom stereocenters. The Morgan fingerprint density at radius 3 is 2.91 bits per heavy atom. The van der Waals surface area contributed by atoms with E-state index in [9.17, 15) is 9.59 Å². The number of nitrogens with zero attached hydrogens (tertiary/aromatic N) is 1. The third-order valence-corrected chi connectivity index (χ3v) is 4.44. The van der Waals surface area contributed by atoms with Crippen LogP contribution in [0.2, 0.25) is 0 Å². The molecule has 2 atom stereocenters. The van der Waals surface area contributed by atoms with E-state index in [1.165, 1.54) is 0 Å². The zero-order valence-corrected chi connectivity index (χ0v) is 12.6. The second-order valence-corrected chi connectivity index (χ2v) is 5.99. The van der Waals surface area contributed by atoms with Crippen molar-refractivity contribution in [3.63, 3.8) is 0 Å². The first-order chi connectivity index (χ1) is 10.6. The highest BCUT2D eigenvalue weighted by Crippen LogP contribution is 2.22. The van der Waals surface area contributed by atoms with Crippen LogP contribution in [0.4, 0.5) is 0 Å². The lowest BCUT2D eigenvalue weighted by Gasteiger charge is -2.26. The van der Waals surface area contributed by atoms with Crippen molar-refractivity contribution >= 4 is 23.2 Å². The topological polar surface area (TPSA) is 101 Å². The number of amides is 2. The average Bonchev–Trinajstić information content (AvgIpc) is 3.18. The van der Waals surface area contributed by atoms with E-state index in [2.05, 4.69) is 15.5 Å². The van der Waals surface area contributed by atoms with Crippen molar-refractivity contribution < 1.29 is 9.59 Å². The van der Waals surface area contributed by atoms with Crippen molar-refractivity contribution in [3.8, 4) is 11.3 Å². The first-order valence-electron chi connectivity index (χ1n) is 6.98. The summed E-state index contributed by atoms with van der Waals surface area (Å²) in [7, 11) is 0. The van der Waals surface area contributed by atoms with E-state index in [-0.39, 0.29) is 17.9 Å². The smallest absolute Gasteiger partial charge is 0.269 e. The van der Waals surface area contributed by atoms with E-state index in [1.54, 1.807) is 17.4 Å². The fourth-order valence-electron chi connectivity index (χ4n) is 2.53. The van der Waals surface area contributed by atoms with Crippen LogP contribution in [0, 0.1) is 5.92 Å². The molecule has 114 valence electrons. The summed E-state index contributed by atoms with van der Waals surface area (Å²) in [6.07, 6.45) is 5.03. The van der Waals surface area contributed by atoms with Crippen LogP contribution >= 0.6 is 11.3 Å². The summed E-state index contributed by atoms with van der Waals surface area (Å²) >= 11 is 1.57. The lowest BCUT2D eigenvalue weighted by molar-refractivity contribution is -0.122. The Bertz CT molecular complexity index is 705. The lowest BCUT2D eigenvalue weighted by atomic mass is 9.88. The van der Waals surface area contributed by atoms with E-state index in [0.717, 1.165) is 11.3 Å². The Labute approximate surface area is 131 Å². The molecule has 6 nitrogen and oxygen atoms in total. The summed E-state index contributed by atoms with van der Waals surface area (Å²) in [4.78, 5) is 23.8. The summed E-state index contributed by atoms with van der Waals surface area (Å²) in [6.45, 7) is 0. The molecule has 2 aromatic rings. The van der Waals surface area contributed by atoms with Gasteiger partial charge in [0.25, 0.3) is 5.91 Å². The van der Waals surface area contributed by atoms with Gasteiger partial charge in [-0.05, 0) is 30.4 Å². The van der Waals surface area contributed by atoms with Crippen molar-refractivity contribution in [1.82, 2.24) is 15.5 Å². The molecular weight excluding hydrogens is 300 g/mol. The van der Waals surface area contributed by atoms with E-state index in [4.69, 9.17) is 5.73 Å². The minimum absolute atomic E-state index is 0.275. The summed E-state index contributed by atoms with van der Waals surface area (Å²) in [5, 5.41) is 13.7. The number of H-pyrrole nitrogens is 1. The van der Waals surface area contributed by atoms with Gasteiger partial charge in [-0.15, -0.1) is 0 Å². The highest BCUT2D eigenvalue weighted by molar-refractivity contribution is 7.08. The Kier molecular flexibility index (Phi) is 4.06. The van der Waals surface area contributed by atoms with Crippen molar-refractivity contribution in [2.24, 2.45) is 11.7 Å². The first-order valence-corrected chi connectivity index (χ1v) is 7.92. The van der Waals surface area contributed by atoms with E-state index >= 15 is 0 Å². The zero-order valence-electron chi connectivity index (χ0n) is 11.8. The maximum atomic E-state index is 12.3. The fraction of sp³-hybridized carbons (Fsp3) is 0.267. The predicted molar refractivity (Wildman–Crippen MR) is 84.2 cm³/mol. The van der Waals surface area contributed by atoms with Crippen LogP contribution in [0.3, 0.4) is 0 Å². The van der Waals surface area contributed by atoms with Crippen LogP contribution < -0.4 is 11.1 Å². The Morgan fingerprint density at radius 2 is 2.18 bits per heavy atom. The Morgan fingerprint density at radius 1 is 1.36 bits per heavy atom.